The molecule has 2 aromatic rings. The number of halogens is 2. The first-order chi connectivity index (χ1) is 5.77. The Morgan fingerprint density at radius 2 is 1.92 bits per heavy atom. The van der Waals surface area contributed by atoms with Gasteiger partial charge < -0.3 is 0 Å². The molecule has 0 aliphatic rings. The Hall–Kier alpha value is 0.0900. The summed E-state index contributed by atoms with van der Waals surface area (Å²) >= 11 is 4.57. The van der Waals surface area contributed by atoms with Crippen LogP contribution in [0.4, 0.5) is 0 Å². The molecule has 0 amide bonds. The molecule has 0 spiro atoms. The van der Waals surface area contributed by atoms with E-state index in [4.69, 9.17) is 0 Å². The van der Waals surface area contributed by atoms with Gasteiger partial charge in [0.1, 0.15) is 3.70 Å². The Balaban J connectivity index is 2.86. The van der Waals surface area contributed by atoms with Gasteiger partial charge in [0.25, 0.3) is 0 Å². The minimum absolute atomic E-state index is 1.07. The first kappa shape index (κ1) is 8.68. The number of benzene rings is 1. The van der Waals surface area contributed by atoms with Crippen molar-refractivity contribution < 1.29 is 0 Å². The van der Waals surface area contributed by atoms with Crippen molar-refractivity contribution in [1.29, 1.82) is 0 Å². The summed E-state index contributed by atoms with van der Waals surface area (Å²) in [6.45, 7) is 0. The van der Waals surface area contributed by atoms with Crippen molar-refractivity contribution in [3.63, 3.8) is 0 Å². The fourth-order valence-corrected chi connectivity index (χ4v) is 2.28. The maximum absolute atomic E-state index is 4.22. The molecular weight excluding hydrogens is 376 g/mol. The summed E-state index contributed by atoms with van der Waals surface area (Å²) in [6.07, 6.45) is 1.85. The molecule has 0 aliphatic heterocycles. The van der Waals surface area contributed by atoms with E-state index in [0.29, 0.717) is 0 Å². The van der Waals surface area contributed by atoms with Crippen LogP contribution in [-0.2, 0) is 0 Å². The molecule has 0 atom stereocenters. The molecule has 3 heteroatoms. The number of pyridine rings is 1. The van der Waals surface area contributed by atoms with Gasteiger partial charge in [0.15, 0.2) is 0 Å². The van der Waals surface area contributed by atoms with E-state index in [9.17, 15) is 0 Å². The normalized spacial score (nSPS) is 10.5. The van der Waals surface area contributed by atoms with E-state index in [-0.39, 0.29) is 0 Å². The summed E-state index contributed by atoms with van der Waals surface area (Å²) in [4.78, 5) is 4.22. The van der Waals surface area contributed by atoms with Crippen LogP contribution < -0.4 is 0 Å². The van der Waals surface area contributed by atoms with Crippen molar-refractivity contribution in [2.75, 3.05) is 0 Å². The highest BCUT2D eigenvalue weighted by atomic mass is 127. The van der Waals surface area contributed by atoms with Crippen LogP contribution >= 0.6 is 45.2 Å². The Morgan fingerprint density at radius 3 is 2.75 bits per heavy atom. The number of hydrogen-bond acceptors (Lipinski definition) is 1. The molecule has 0 bridgehead atoms. The van der Waals surface area contributed by atoms with E-state index in [1.165, 1.54) is 14.3 Å². The minimum Gasteiger partial charge on any atom is -0.250 e. The maximum Gasteiger partial charge on any atom is 0.109 e. The van der Waals surface area contributed by atoms with Gasteiger partial charge >= 0.3 is 0 Å². The van der Waals surface area contributed by atoms with Gasteiger partial charge in [-0.05, 0) is 68.8 Å². The summed E-state index contributed by atoms with van der Waals surface area (Å²) in [5, 5.41) is 2.50. The van der Waals surface area contributed by atoms with Crippen LogP contribution in [0.3, 0.4) is 0 Å². The number of aromatic nitrogens is 1. The predicted molar refractivity (Wildman–Crippen MR) is 67.2 cm³/mol. The predicted octanol–water partition coefficient (Wildman–Crippen LogP) is 3.44. The van der Waals surface area contributed by atoms with E-state index in [2.05, 4.69) is 68.4 Å². The van der Waals surface area contributed by atoms with Crippen LogP contribution in [0.2, 0.25) is 0 Å². The molecule has 0 saturated carbocycles. The highest BCUT2D eigenvalue weighted by molar-refractivity contribution is 14.1. The first-order valence-corrected chi connectivity index (χ1v) is 5.63. The molecule has 0 aliphatic carbocycles. The van der Waals surface area contributed by atoms with Crippen molar-refractivity contribution in [3.8, 4) is 0 Å². The topological polar surface area (TPSA) is 12.9 Å². The third-order valence-corrected chi connectivity index (χ3v) is 3.21. The zero-order valence-electron chi connectivity index (χ0n) is 6.09. The quantitative estimate of drug-likeness (QED) is 0.504. The number of fused-ring (bicyclic) bond motifs is 1. The molecule has 0 radical (unpaired) electrons. The standard InChI is InChI=1S/C9H5I2N/c10-7-1-2-8-6(5-7)3-4-12-9(8)11/h1-5H. The average Bonchev–Trinajstić information content (AvgIpc) is 2.04. The van der Waals surface area contributed by atoms with Crippen LogP contribution in [0, 0.1) is 7.27 Å². The van der Waals surface area contributed by atoms with Gasteiger partial charge in [-0.25, -0.2) is 4.98 Å². The monoisotopic (exact) mass is 381 g/mol. The number of rotatable bonds is 0. The van der Waals surface area contributed by atoms with Crippen LogP contribution in [-0.4, -0.2) is 4.98 Å². The van der Waals surface area contributed by atoms with E-state index in [1.54, 1.807) is 0 Å². The summed E-state index contributed by atoms with van der Waals surface area (Å²) in [6, 6.07) is 8.43. The van der Waals surface area contributed by atoms with Crippen LogP contribution in [0.25, 0.3) is 10.8 Å². The van der Waals surface area contributed by atoms with Gasteiger partial charge in [0.2, 0.25) is 0 Å². The molecule has 1 aromatic carbocycles. The van der Waals surface area contributed by atoms with Crippen molar-refractivity contribution >= 4 is 56.0 Å². The van der Waals surface area contributed by atoms with Crippen LogP contribution in [0.15, 0.2) is 30.5 Å². The van der Waals surface area contributed by atoms with E-state index in [0.717, 1.165) is 3.70 Å². The SMILES string of the molecule is Ic1ccc2c(I)nccc2c1. The highest BCUT2D eigenvalue weighted by Gasteiger charge is 1.97. The third kappa shape index (κ3) is 1.56. The second-order valence-corrected chi connectivity index (χ2v) is 4.73. The minimum atomic E-state index is 1.07. The van der Waals surface area contributed by atoms with Crippen molar-refractivity contribution in [3.05, 3.63) is 37.7 Å². The summed E-state index contributed by atoms with van der Waals surface area (Å²) in [7, 11) is 0. The lowest BCUT2D eigenvalue weighted by Crippen LogP contribution is -1.82. The summed E-state index contributed by atoms with van der Waals surface area (Å²) in [5.41, 5.74) is 0. The van der Waals surface area contributed by atoms with Gasteiger partial charge in [-0.1, -0.05) is 6.07 Å². The molecule has 1 aromatic heterocycles. The fourth-order valence-electron chi connectivity index (χ4n) is 1.11. The maximum atomic E-state index is 4.22. The molecule has 0 unspecified atom stereocenters. The van der Waals surface area contributed by atoms with E-state index in [1.807, 2.05) is 12.3 Å². The zero-order valence-corrected chi connectivity index (χ0v) is 10.4. The van der Waals surface area contributed by atoms with Gasteiger partial charge in [0, 0.05) is 15.2 Å². The first-order valence-electron chi connectivity index (χ1n) is 3.47. The fraction of sp³-hybridized carbons (Fsp3) is 0. The van der Waals surface area contributed by atoms with Crippen LogP contribution in [0.5, 0.6) is 0 Å². The largest absolute Gasteiger partial charge is 0.250 e. The van der Waals surface area contributed by atoms with Crippen molar-refractivity contribution in [1.82, 2.24) is 4.98 Å². The zero-order chi connectivity index (χ0) is 8.55. The third-order valence-electron chi connectivity index (χ3n) is 1.68. The smallest absolute Gasteiger partial charge is 0.109 e. The molecule has 0 fully saturated rings. The summed E-state index contributed by atoms with van der Waals surface area (Å²) in [5.74, 6) is 0. The van der Waals surface area contributed by atoms with Gasteiger partial charge in [-0.15, -0.1) is 0 Å². The average molecular weight is 381 g/mol. The highest BCUT2D eigenvalue weighted by Crippen LogP contribution is 2.20. The Kier molecular flexibility index (Phi) is 2.49. The second-order valence-electron chi connectivity index (χ2n) is 2.47. The number of nitrogens with zero attached hydrogens (tertiary/aromatic N) is 1. The van der Waals surface area contributed by atoms with E-state index >= 15 is 0 Å². The Bertz CT molecular complexity index is 426. The molecule has 2 rings (SSSR count). The Labute approximate surface area is 97.9 Å². The van der Waals surface area contributed by atoms with Gasteiger partial charge in [-0.3, -0.25) is 0 Å². The van der Waals surface area contributed by atoms with E-state index < -0.39 is 0 Å². The van der Waals surface area contributed by atoms with Crippen LogP contribution in [0.1, 0.15) is 0 Å². The summed E-state index contributed by atoms with van der Waals surface area (Å²) < 4.78 is 2.34. The Morgan fingerprint density at radius 1 is 1.08 bits per heavy atom. The molecule has 1 nitrogen and oxygen atoms in total. The van der Waals surface area contributed by atoms with Gasteiger partial charge in [-0.2, -0.15) is 0 Å². The lowest BCUT2D eigenvalue weighted by molar-refractivity contribution is 1.31. The molecule has 60 valence electrons. The van der Waals surface area contributed by atoms with Gasteiger partial charge in [0.05, 0.1) is 0 Å². The molecule has 1 heterocycles. The number of hydrogen-bond donors (Lipinski definition) is 0. The second kappa shape index (κ2) is 3.45. The lowest BCUT2D eigenvalue weighted by atomic mass is 10.2. The lowest BCUT2D eigenvalue weighted by Gasteiger charge is -1.99. The molecule has 12 heavy (non-hydrogen) atoms. The molecular formula is C9H5I2N. The molecule has 0 saturated heterocycles. The van der Waals surface area contributed by atoms with Crippen molar-refractivity contribution in [2.45, 2.75) is 0 Å². The van der Waals surface area contributed by atoms with Crippen molar-refractivity contribution in [2.24, 2.45) is 0 Å². The molecule has 0 N–H and O–H groups in total.